The Morgan fingerprint density at radius 3 is 2.50 bits per heavy atom. The number of fused-ring (bicyclic) bond motifs is 1. The van der Waals surface area contributed by atoms with Gasteiger partial charge in [-0.25, -0.2) is 0 Å². The monoisotopic (exact) mass is 317 g/mol. The van der Waals surface area contributed by atoms with Gasteiger partial charge in [0.1, 0.15) is 0 Å². The minimum atomic E-state index is -0.315. The van der Waals surface area contributed by atoms with Gasteiger partial charge in [-0.05, 0) is 24.4 Å². The van der Waals surface area contributed by atoms with Crippen LogP contribution in [0.15, 0.2) is 30.3 Å². The van der Waals surface area contributed by atoms with Crippen LogP contribution in [0, 0.1) is 0 Å². The number of rotatable bonds is 3. The molecule has 0 radical (unpaired) electrons. The molecule has 0 saturated carbocycles. The van der Waals surface area contributed by atoms with Crippen LogP contribution in [-0.2, 0) is 4.79 Å². The van der Waals surface area contributed by atoms with E-state index in [0.717, 1.165) is 15.0 Å². The first kappa shape index (κ1) is 15.0. The van der Waals surface area contributed by atoms with Gasteiger partial charge in [0.15, 0.2) is 0 Å². The van der Waals surface area contributed by atoms with Gasteiger partial charge in [0.05, 0.1) is 10.9 Å². The lowest BCUT2D eigenvalue weighted by molar-refractivity contribution is -0.123. The number of carbonyl (C=O) groups is 2. The molecule has 2 amide bonds. The van der Waals surface area contributed by atoms with E-state index in [-0.39, 0.29) is 17.9 Å². The molecule has 22 heavy (non-hydrogen) atoms. The number of hydrogen-bond acceptors (Lipinski definition) is 4. The van der Waals surface area contributed by atoms with Gasteiger partial charge >= 0.3 is 0 Å². The summed E-state index contributed by atoms with van der Waals surface area (Å²) in [5.74, 6) is -0.239. The zero-order valence-corrected chi connectivity index (χ0v) is 13.3. The molecule has 1 aliphatic heterocycles. The summed E-state index contributed by atoms with van der Waals surface area (Å²) in [6, 6.07) is 9.70. The van der Waals surface area contributed by atoms with E-state index in [1.54, 1.807) is 0 Å². The fourth-order valence-electron chi connectivity index (χ4n) is 2.74. The number of thiophene rings is 1. The van der Waals surface area contributed by atoms with Gasteiger partial charge in [0, 0.05) is 30.9 Å². The minimum absolute atomic E-state index is 0.0765. The molecule has 6 heteroatoms. The predicted molar refractivity (Wildman–Crippen MR) is 88.0 cm³/mol. The molecule has 1 aliphatic rings. The number of primary amides is 1. The molecular weight excluding hydrogens is 298 g/mol. The summed E-state index contributed by atoms with van der Waals surface area (Å²) in [5.41, 5.74) is 5.34. The summed E-state index contributed by atoms with van der Waals surface area (Å²) < 4.78 is 1.13. The van der Waals surface area contributed by atoms with Crippen molar-refractivity contribution in [3.8, 4) is 0 Å². The standard InChI is InChI=1S/C16H19N3O2S/c1-11(15(17)20)18-6-8-19(9-7-18)16(21)14-10-12-4-2-3-5-13(12)22-14/h2-5,10-11H,6-9H2,1H3,(H2,17,20). The SMILES string of the molecule is CC(C(N)=O)N1CCN(C(=O)c2cc3ccccc3s2)CC1. The fourth-order valence-corrected chi connectivity index (χ4v) is 3.77. The number of amides is 2. The summed E-state index contributed by atoms with van der Waals surface area (Å²) in [6.07, 6.45) is 0. The van der Waals surface area contributed by atoms with Crippen LogP contribution in [0.25, 0.3) is 10.1 Å². The van der Waals surface area contributed by atoms with E-state index < -0.39 is 0 Å². The van der Waals surface area contributed by atoms with Crippen molar-refractivity contribution in [2.45, 2.75) is 13.0 Å². The van der Waals surface area contributed by atoms with E-state index >= 15 is 0 Å². The summed E-state index contributed by atoms with van der Waals surface area (Å²) in [4.78, 5) is 28.5. The number of nitrogens with zero attached hydrogens (tertiary/aromatic N) is 2. The molecule has 2 heterocycles. The first-order chi connectivity index (χ1) is 10.6. The van der Waals surface area contributed by atoms with Gasteiger partial charge in [-0.2, -0.15) is 0 Å². The number of nitrogens with two attached hydrogens (primary N) is 1. The average Bonchev–Trinajstić information content (AvgIpc) is 2.97. The van der Waals surface area contributed by atoms with Crippen LogP contribution in [0.5, 0.6) is 0 Å². The van der Waals surface area contributed by atoms with Crippen LogP contribution in [-0.4, -0.2) is 53.8 Å². The van der Waals surface area contributed by atoms with E-state index in [2.05, 4.69) is 0 Å². The maximum atomic E-state index is 12.6. The Kier molecular flexibility index (Phi) is 4.13. The van der Waals surface area contributed by atoms with E-state index in [4.69, 9.17) is 5.73 Å². The van der Waals surface area contributed by atoms with Crippen molar-refractivity contribution in [1.82, 2.24) is 9.80 Å². The van der Waals surface area contributed by atoms with Gasteiger partial charge in [0.2, 0.25) is 5.91 Å². The quantitative estimate of drug-likeness (QED) is 0.933. The van der Waals surface area contributed by atoms with Gasteiger partial charge in [-0.1, -0.05) is 18.2 Å². The zero-order chi connectivity index (χ0) is 15.7. The molecule has 5 nitrogen and oxygen atoms in total. The number of piperazine rings is 1. The summed E-state index contributed by atoms with van der Waals surface area (Å²) in [7, 11) is 0. The van der Waals surface area contributed by atoms with Crippen LogP contribution < -0.4 is 5.73 Å². The second-order valence-electron chi connectivity index (χ2n) is 5.55. The molecule has 0 spiro atoms. The summed E-state index contributed by atoms with van der Waals surface area (Å²) >= 11 is 1.53. The van der Waals surface area contributed by atoms with Gasteiger partial charge in [-0.15, -0.1) is 11.3 Å². The molecule has 1 saturated heterocycles. The zero-order valence-electron chi connectivity index (χ0n) is 12.5. The lowest BCUT2D eigenvalue weighted by Crippen LogP contribution is -2.54. The second-order valence-corrected chi connectivity index (χ2v) is 6.64. The van der Waals surface area contributed by atoms with Gasteiger partial charge in [-0.3, -0.25) is 14.5 Å². The van der Waals surface area contributed by atoms with Gasteiger partial charge in [0.25, 0.3) is 5.91 Å². The molecule has 0 aliphatic carbocycles. The first-order valence-electron chi connectivity index (χ1n) is 7.37. The highest BCUT2D eigenvalue weighted by Crippen LogP contribution is 2.26. The molecular formula is C16H19N3O2S. The maximum Gasteiger partial charge on any atom is 0.264 e. The Balaban J connectivity index is 1.68. The van der Waals surface area contributed by atoms with E-state index in [0.29, 0.717) is 26.2 Å². The molecule has 1 aromatic heterocycles. The smallest absolute Gasteiger partial charge is 0.264 e. The Bertz CT molecular complexity index is 671. The third kappa shape index (κ3) is 2.84. The average molecular weight is 317 g/mol. The van der Waals surface area contributed by atoms with E-state index in [1.807, 2.05) is 47.1 Å². The van der Waals surface area contributed by atoms with Crippen LogP contribution in [0.1, 0.15) is 16.6 Å². The molecule has 1 aromatic carbocycles. The largest absolute Gasteiger partial charge is 0.368 e. The minimum Gasteiger partial charge on any atom is -0.368 e. The summed E-state index contributed by atoms with van der Waals surface area (Å²) in [5, 5.41) is 1.11. The molecule has 1 atom stereocenters. The Morgan fingerprint density at radius 1 is 1.18 bits per heavy atom. The molecule has 2 aromatic rings. The molecule has 1 fully saturated rings. The Labute approximate surface area is 133 Å². The van der Waals surface area contributed by atoms with Crippen molar-refractivity contribution < 1.29 is 9.59 Å². The van der Waals surface area contributed by atoms with E-state index in [9.17, 15) is 9.59 Å². The van der Waals surface area contributed by atoms with Crippen molar-refractivity contribution in [3.63, 3.8) is 0 Å². The lowest BCUT2D eigenvalue weighted by Gasteiger charge is -2.36. The highest BCUT2D eigenvalue weighted by atomic mass is 32.1. The van der Waals surface area contributed by atoms with Crippen molar-refractivity contribution in [2.24, 2.45) is 5.73 Å². The first-order valence-corrected chi connectivity index (χ1v) is 8.19. The summed E-state index contributed by atoms with van der Waals surface area (Å²) in [6.45, 7) is 4.43. The third-order valence-electron chi connectivity index (χ3n) is 4.20. The number of hydrogen-bond donors (Lipinski definition) is 1. The molecule has 0 bridgehead atoms. The molecule has 2 N–H and O–H groups in total. The molecule has 3 rings (SSSR count). The topological polar surface area (TPSA) is 66.6 Å². The lowest BCUT2D eigenvalue weighted by atomic mass is 10.2. The van der Waals surface area contributed by atoms with Crippen LogP contribution in [0.4, 0.5) is 0 Å². The third-order valence-corrected chi connectivity index (χ3v) is 5.30. The van der Waals surface area contributed by atoms with Crippen LogP contribution in [0.2, 0.25) is 0 Å². The number of benzene rings is 1. The van der Waals surface area contributed by atoms with Crippen molar-refractivity contribution in [3.05, 3.63) is 35.2 Å². The Hall–Kier alpha value is -1.92. The van der Waals surface area contributed by atoms with Gasteiger partial charge < -0.3 is 10.6 Å². The van der Waals surface area contributed by atoms with Crippen LogP contribution >= 0.6 is 11.3 Å². The molecule has 116 valence electrons. The second kappa shape index (κ2) is 6.06. The number of carbonyl (C=O) groups excluding carboxylic acids is 2. The van der Waals surface area contributed by atoms with E-state index in [1.165, 1.54) is 11.3 Å². The maximum absolute atomic E-state index is 12.6. The fraction of sp³-hybridized carbons (Fsp3) is 0.375. The van der Waals surface area contributed by atoms with Crippen molar-refractivity contribution >= 4 is 33.2 Å². The highest BCUT2D eigenvalue weighted by Gasteiger charge is 2.27. The Morgan fingerprint density at radius 2 is 1.86 bits per heavy atom. The predicted octanol–water partition coefficient (Wildman–Crippen LogP) is 1.53. The normalized spacial score (nSPS) is 17.6. The van der Waals surface area contributed by atoms with Crippen molar-refractivity contribution in [2.75, 3.05) is 26.2 Å². The van der Waals surface area contributed by atoms with Crippen molar-refractivity contribution in [1.29, 1.82) is 0 Å². The highest BCUT2D eigenvalue weighted by molar-refractivity contribution is 7.20. The molecule has 1 unspecified atom stereocenters. The van der Waals surface area contributed by atoms with Crippen LogP contribution in [0.3, 0.4) is 0 Å².